The lowest BCUT2D eigenvalue weighted by Gasteiger charge is -2.28. The predicted molar refractivity (Wildman–Crippen MR) is 50.5 cm³/mol. The Morgan fingerprint density at radius 3 is 3.08 bits per heavy atom. The SMILES string of the molecule is CCCCc1cnnn1C1CNC1. The minimum absolute atomic E-state index is 0.550. The topological polar surface area (TPSA) is 42.7 Å². The Morgan fingerprint density at radius 1 is 1.62 bits per heavy atom. The van der Waals surface area contributed by atoms with Gasteiger partial charge in [-0.25, -0.2) is 4.68 Å². The van der Waals surface area contributed by atoms with Crippen LogP contribution < -0.4 is 5.32 Å². The molecule has 0 amide bonds. The minimum Gasteiger partial charge on any atom is -0.312 e. The summed E-state index contributed by atoms with van der Waals surface area (Å²) in [5.41, 5.74) is 1.29. The molecule has 0 saturated carbocycles. The molecule has 0 unspecified atom stereocenters. The fraction of sp³-hybridized carbons (Fsp3) is 0.778. The highest BCUT2D eigenvalue weighted by Gasteiger charge is 2.21. The molecular weight excluding hydrogens is 164 g/mol. The summed E-state index contributed by atoms with van der Waals surface area (Å²) in [7, 11) is 0. The van der Waals surface area contributed by atoms with E-state index < -0.39 is 0 Å². The van der Waals surface area contributed by atoms with Crippen molar-refractivity contribution >= 4 is 0 Å². The Labute approximate surface area is 78.3 Å². The highest BCUT2D eigenvalue weighted by atomic mass is 15.5. The van der Waals surface area contributed by atoms with Crippen LogP contribution in [0.15, 0.2) is 6.20 Å². The van der Waals surface area contributed by atoms with E-state index in [-0.39, 0.29) is 0 Å². The first-order valence-corrected chi connectivity index (χ1v) is 5.01. The maximum absolute atomic E-state index is 4.12. The van der Waals surface area contributed by atoms with E-state index in [1.54, 1.807) is 0 Å². The van der Waals surface area contributed by atoms with Gasteiger partial charge >= 0.3 is 0 Å². The summed E-state index contributed by atoms with van der Waals surface area (Å²) in [6, 6.07) is 0.550. The number of hydrogen-bond donors (Lipinski definition) is 1. The molecule has 2 heterocycles. The van der Waals surface area contributed by atoms with Crippen LogP contribution in [-0.2, 0) is 6.42 Å². The van der Waals surface area contributed by atoms with Crippen molar-refractivity contribution in [1.82, 2.24) is 20.3 Å². The molecule has 0 spiro atoms. The number of nitrogens with zero attached hydrogens (tertiary/aromatic N) is 3. The third-order valence-corrected chi connectivity index (χ3v) is 2.54. The maximum atomic E-state index is 4.12. The number of aryl methyl sites for hydroxylation is 1. The summed E-state index contributed by atoms with van der Waals surface area (Å²) >= 11 is 0. The van der Waals surface area contributed by atoms with Crippen LogP contribution in [-0.4, -0.2) is 28.1 Å². The van der Waals surface area contributed by atoms with Crippen molar-refractivity contribution in [2.24, 2.45) is 0 Å². The van der Waals surface area contributed by atoms with Gasteiger partial charge in [-0.15, -0.1) is 5.10 Å². The van der Waals surface area contributed by atoms with Gasteiger partial charge < -0.3 is 5.32 Å². The number of aromatic nitrogens is 3. The molecule has 1 aliphatic heterocycles. The Bertz CT molecular complexity index is 264. The van der Waals surface area contributed by atoms with E-state index in [1.807, 2.05) is 6.20 Å². The molecule has 1 aliphatic rings. The molecule has 13 heavy (non-hydrogen) atoms. The second-order valence-corrected chi connectivity index (χ2v) is 3.59. The van der Waals surface area contributed by atoms with Crippen LogP contribution >= 0.6 is 0 Å². The highest BCUT2D eigenvalue weighted by molar-refractivity contribution is 4.98. The summed E-state index contributed by atoms with van der Waals surface area (Å²) in [4.78, 5) is 0. The summed E-state index contributed by atoms with van der Waals surface area (Å²) < 4.78 is 2.08. The monoisotopic (exact) mass is 180 g/mol. The van der Waals surface area contributed by atoms with E-state index in [1.165, 1.54) is 18.5 Å². The Balaban J connectivity index is 2.02. The van der Waals surface area contributed by atoms with Gasteiger partial charge in [-0.2, -0.15) is 0 Å². The normalized spacial score (nSPS) is 17.3. The van der Waals surface area contributed by atoms with E-state index in [0.717, 1.165) is 19.5 Å². The van der Waals surface area contributed by atoms with Crippen molar-refractivity contribution in [1.29, 1.82) is 0 Å². The molecule has 2 rings (SSSR count). The first-order valence-electron chi connectivity index (χ1n) is 5.01. The smallest absolute Gasteiger partial charge is 0.0788 e. The third-order valence-electron chi connectivity index (χ3n) is 2.54. The molecule has 72 valence electrons. The molecule has 0 bridgehead atoms. The zero-order valence-corrected chi connectivity index (χ0v) is 8.03. The maximum Gasteiger partial charge on any atom is 0.0788 e. The lowest BCUT2D eigenvalue weighted by molar-refractivity contribution is 0.305. The van der Waals surface area contributed by atoms with Gasteiger partial charge in [0.05, 0.1) is 17.9 Å². The van der Waals surface area contributed by atoms with Crippen LogP contribution in [0.4, 0.5) is 0 Å². The van der Waals surface area contributed by atoms with E-state index >= 15 is 0 Å². The van der Waals surface area contributed by atoms with Crippen molar-refractivity contribution in [2.45, 2.75) is 32.2 Å². The number of hydrogen-bond acceptors (Lipinski definition) is 3. The summed E-state index contributed by atoms with van der Waals surface area (Å²) in [6.45, 7) is 4.30. The molecule has 0 aliphatic carbocycles. The van der Waals surface area contributed by atoms with Crippen LogP contribution in [0.3, 0.4) is 0 Å². The quantitative estimate of drug-likeness (QED) is 0.744. The zero-order valence-electron chi connectivity index (χ0n) is 8.03. The fourth-order valence-electron chi connectivity index (χ4n) is 1.56. The van der Waals surface area contributed by atoms with Gasteiger partial charge in [0.25, 0.3) is 0 Å². The van der Waals surface area contributed by atoms with Crippen LogP contribution in [0.1, 0.15) is 31.5 Å². The molecule has 1 aromatic rings. The van der Waals surface area contributed by atoms with Crippen molar-refractivity contribution in [3.63, 3.8) is 0 Å². The van der Waals surface area contributed by atoms with Crippen molar-refractivity contribution in [3.05, 3.63) is 11.9 Å². The minimum atomic E-state index is 0.550. The summed E-state index contributed by atoms with van der Waals surface area (Å²) in [5.74, 6) is 0. The van der Waals surface area contributed by atoms with Crippen molar-refractivity contribution in [2.75, 3.05) is 13.1 Å². The molecule has 1 N–H and O–H groups in total. The third kappa shape index (κ3) is 1.72. The van der Waals surface area contributed by atoms with E-state index in [2.05, 4.69) is 27.2 Å². The van der Waals surface area contributed by atoms with Crippen molar-refractivity contribution < 1.29 is 0 Å². The first-order chi connectivity index (χ1) is 6.42. The van der Waals surface area contributed by atoms with Crippen molar-refractivity contribution in [3.8, 4) is 0 Å². The molecule has 1 aromatic heterocycles. The molecule has 0 atom stereocenters. The molecule has 0 radical (unpaired) electrons. The molecular formula is C9H16N4. The van der Waals surface area contributed by atoms with E-state index in [9.17, 15) is 0 Å². The van der Waals surface area contributed by atoms with Gasteiger partial charge in [-0.3, -0.25) is 0 Å². The number of unbranched alkanes of at least 4 members (excludes halogenated alkanes) is 1. The number of rotatable bonds is 4. The summed E-state index contributed by atoms with van der Waals surface area (Å²) in [5, 5.41) is 11.3. The predicted octanol–water partition coefficient (Wildman–Crippen LogP) is 0.765. The highest BCUT2D eigenvalue weighted by Crippen LogP contribution is 2.13. The molecule has 4 heteroatoms. The second kappa shape index (κ2) is 3.87. The van der Waals surface area contributed by atoms with Gasteiger partial charge in [0.1, 0.15) is 0 Å². The van der Waals surface area contributed by atoms with Gasteiger partial charge in [0.15, 0.2) is 0 Å². The lowest BCUT2D eigenvalue weighted by Crippen LogP contribution is -2.44. The first kappa shape index (κ1) is 8.69. The Hall–Kier alpha value is -0.900. The Morgan fingerprint density at radius 2 is 2.46 bits per heavy atom. The molecule has 1 fully saturated rings. The van der Waals surface area contributed by atoms with Gasteiger partial charge in [0, 0.05) is 13.1 Å². The van der Waals surface area contributed by atoms with E-state index in [0.29, 0.717) is 6.04 Å². The number of nitrogens with one attached hydrogen (secondary N) is 1. The molecule has 0 aromatic carbocycles. The van der Waals surface area contributed by atoms with Gasteiger partial charge in [-0.1, -0.05) is 18.6 Å². The standard InChI is InChI=1S/C9H16N4/c1-2-3-4-8-7-11-12-13(8)9-5-10-6-9/h7,9-10H,2-6H2,1H3. The van der Waals surface area contributed by atoms with Gasteiger partial charge in [-0.05, 0) is 12.8 Å². The van der Waals surface area contributed by atoms with Crippen LogP contribution in [0.25, 0.3) is 0 Å². The van der Waals surface area contributed by atoms with Crippen LogP contribution in [0.5, 0.6) is 0 Å². The molecule has 4 nitrogen and oxygen atoms in total. The lowest BCUT2D eigenvalue weighted by atomic mass is 10.1. The van der Waals surface area contributed by atoms with E-state index in [4.69, 9.17) is 0 Å². The average Bonchev–Trinajstić information content (AvgIpc) is 2.46. The fourth-order valence-corrected chi connectivity index (χ4v) is 1.56. The second-order valence-electron chi connectivity index (χ2n) is 3.59. The van der Waals surface area contributed by atoms with Crippen LogP contribution in [0, 0.1) is 0 Å². The largest absolute Gasteiger partial charge is 0.312 e. The molecule has 1 saturated heterocycles. The summed E-state index contributed by atoms with van der Waals surface area (Å²) in [6.07, 6.45) is 5.47. The average molecular weight is 180 g/mol. The van der Waals surface area contributed by atoms with Gasteiger partial charge in [0.2, 0.25) is 0 Å². The Kier molecular flexibility index (Phi) is 2.59. The van der Waals surface area contributed by atoms with Crippen LogP contribution in [0.2, 0.25) is 0 Å². The zero-order chi connectivity index (χ0) is 9.10.